The van der Waals surface area contributed by atoms with E-state index in [1.807, 2.05) is 24.3 Å². The molecule has 0 aliphatic rings. The van der Waals surface area contributed by atoms with Crippen molar-refractivity contribution in [1.29, 1.82) is 0 Å². The highest BCUT2D eigenvalue weighted by Gasteiger charge is 2.09. The van der Waals surface area contributed by atoms with E-state index < -0.39 is 0 Å². The number of nitrogens with two attached hydrogens (primary N) is 1. The predicted octanol–water partition coefficient (Wildman–Crippen LogP) is 5.42. The second kappa shape index (κ2) is 10.6. The molecule has 1 atom stereocenters. The number of hydrogen-bond donors (Lipinski definition) is 1. The van der Waals surface area contributed by atoms with Crippen LogP contribution in [-0.4, -0.2) is 6.61 Å². The van der Waals surface area contributed by atoms with Crippen LogP contribution in [-0.2, 0) is 0 Å². The molecule has 0 aromatic heterocycles. The van der Waals surface area contributed by atoms with E-state index in [0.717, 1.165) is 18.0 Å². The zero-order valence-electron chi connectivity index (χ0n) is 13.2. The van der Waals surface area contributed by atoms with Crippen LogP contribution in [0, 0.1) is 5.92 Å². The third-order valence-electron chi connectivity index (χ3n) is 3.80. The Hall–Kier alpha value is -1.18. The summed E-state index contributed by atoms with van der Waals surface area (Å²) in [6.45, 7) is 5.36. The van der Waals surface area contributed by atoms with E-state index in [1.165, 1.54) is 51.4 Å². The lowest BCUT2D eigenvalue weighted by Crippen LogP contribution is -2.12. The molecule has 0 fully saturated rings. The van der Waals surface area contributed by atoms with Gasteiger partial charge in [-0.1, -0.05) is 52.4 Å². The minimum absolute atomic E-state index is 0.698. The van der Waals surface area contributed by atoms with Crippen LogP contribution in [0.5, 0.6) is 5.75 Å². The summed E-state index contributed by atoms with van der Waals surface area (Å²) in [5.41, 5.74) is 6.48. The third-order valence-corrected chi connectivity index (χ3v) is 3.80. The molecule has 1 rings (SSSR count). The average molecular weight is 277 g/mol. The number of ether oxygens (including phenoxy) is 1. The van der Waals surface area contributed by atoms with Crippen molar-refractivity contribution in [3.63, 3.8) is 0 Å². The Bertz CT molecular complexity index is 334. The molecule has 2 nitrogen and oxygen atoms in total. The summed E-state index contributed by atoms with van der Waals surface area (Å²) in [7, 11) is 0. The highest BCUT2D eigenvalue weighted by Crippen LogP contribution is 2.20. The van der Waals surface area contributed by atoms with Gasteiger partial charge in [0.05, 0.1) is 6.61 Å². The van der Waals surface area contributed by atoms with Crippen LogP contribution < -0.4 is 10.5 Å². The van der Waals surface area contributed by atoms with Gasteiger partial charge in [0.25, 0.3) is 0 Å². The highest BCUT2D eigenvalue weighted by molar-refractivity contribution is 5.41. The largest absolute Gasteiger partial charge is 0.493 e. The fourth-order valence-electron chi connectivity index (χ4n) is 2.44. The molecule has 0 spiro atoms. The lowest BCUT2D eigenvalue weighted by atomic mass is 9.96. The van der Waals surface area contributed by atoms with E-state index in [1.54, 1.807) is 0 Å². The number of hydrogen-bond acceptors (Lipinski definition) is 2. The van der Waals surface area contributed by atoms with Gasteiger partial charge in [-0.15, -0.1) is 0 Å². The van der Waals surface area contributed by atoms with Crippen molar-refractivity contribution >= 4 is 5.69 Å². The van der Waals surface area contributed by atoms with Gasteiger partial charge in [0.2, 0.25) is 0 Å². The number of unbranched alkanes of at least 4 members (excludes halogenated alkanes) is 4. The van der Waals surface area contributed by atoms with Crippen LogP contribution in [0.2, 0.25) is 0 Å². The number of benzene rings is 1. The minimum Gasteiger partial charge on any atom is -0.493 e. The van der Waals surface area contributed by atoms with Crippen molar-refractivity contribution in [2.45, 2.75) is 65.2 Å². The molecule has 20 heavy (non-hydrogen) atoms. The molecular formula is C18H31NO. The first kappa shape index (κ1) is 16.9. The first-order valence-electron chi connectivity index (χ1n) is 8.24. The summed E-state index contributed by atoms with van der Waals surface area (Å²) in [6.07, 6.45) is 10.5. The summed E-state index contributed by atoms with van der Waals surface area (Å²) in [4.78, 5) is 0. The van der Waals surface area contributed by atoms with Gasteiger partial charge < -0.3 is 10.5 Å². The molecule has 1 aromatic carbocycles. The lowest BCUT2D eigenvalue weighted by Gasteiger charge is -2.17. The molecule has 0 aliphatic carbocycles. The van der Waals surface area contributed by atoms with Crippen LogP contribution in [0.15, 0.2) is 24.3 Å². The van der Waals surface area contributed by atoms with Crippen molar-refractivity contribution in [3.05, 3.63) is 24.3 Å². The van der Waals surface area contributed by atoms with Crippen LogP contribution in [0.4, 0.5) is 5.69 Å². The van der Waals surface area contributed by atoms with E-state index in [4.69, 9.17) is 10.5 Å². The Morgan fingerprint density at radius 1 is 0.900 bits per heavy atom. The Morgan fingerprint density at radius 2 is 1.55 bits per heavy atom. The lowest BCUT2D eigenvalue weighted by molar-refractivity contribution is 0.225. The fraction of sp³-hybridized carbons (Fsp3) is 0.667. The molecule has 0 heterocycles. The SMILES string of the molecule is CCCCCC[C@@H](CCCC)COc1ccc(N)cc1. The number of nitrogen functional groups attached to an aromatic ring is 1. The minimum atomic E-state index is 0.698. The van der Waals surface area contributed by atoms with Crippen molar-refractivity contribution in [1.82, 2.24) is 0 Å². The molecule has 2 heteroatoms. The van der Waals surface area contributed by atoms with Gasteiger partial charge in [-0.2, -0.15) is 0 Å². The molecule has 114 valence electrons. The highest BCUT2D eigenvalue weighted by atomic mass is 16.5. The van der Waals surface area contributed by atoms with Gasteiger partial charge >= 0.3 is 0 Å². The standard InChI is InChI=1S/C18H31NO/c1-3-5-7-8-10-16(9-6-4-2)15-20-18-13-11-17(19)12-14-18/h11-14,16H,3-10,15,19H2,1-2H3/t16-/m1/s1. The van der Waals surface area contributed by atoms with Gasteiger partial charge in [-0.3, -0.25) is 0 Å². The van der Waals surface area contributed by atoms with E-state index in [2.05, 4.69) is 13.8 Å². The molecule has 0 unspecified atom stereocenters. The van der Waals surface area contributed by atoms with Crippen LogP contribution >= 0.6 is 0 Å². The smallest absolute Gasteiger partial charge is 0.119 e. The Kier molecular flexibility index (Phi) is 8.93. The molecule has 0 amide bonds. The molecule has 0 radical (unpaired) electrons. The maximum Gasteiger partial charge on any atom is 0.119 e. The van der Waals surface area contributed by atoms with E-state index >= 15 is 0 Å². The molecule has 0 bridgehead atoms. The van der Waals surface area contributed by atoms with Gasteiger partial charge in [0.15, 0.2) is 0 Å². The predicted molar refractivity (Wildman–Crippen MR) is 88.1 cm³/mol. The van der Waals surface area contributed by atoms with Crippen LogP contribution in [0.1, 0.15) is 65.2 Å². The third kappa shape index (κ3) is 7.42. The monoisotopic (exact) mass is 277 g/mol. The maximum atomic E-state index is 5.92. The first-order valence-corrected chi connectivity index (χ1v) is 8.24. The Balaban J connectivity index is 2.32. The molecule has 0 saturated carbocycles. The number of rotatable bonds is 11. The van der Waals surface area contributed by atoms with E-state index in [0.29, 0.717) is 5.92 Å². The molecular weight excluding hydrogens is 246 g/mol. The van der Waals surface area contributed by atoms with Crippen LogP contribution in [0.3, 0.4) is 0 Å². The summed E-state index contributed by atoms with van der Waals surface area (Å²) < 4.78 is 5.92. The van der Waals surface area contributed by atoms with Crippen molar-refractivity contribution < 1.29 is 4.74 Å². The topological polar surface area (TPSA) is 35.2 Å². The molecule has 0 saturated heterocycles. The van der Waals surface area contributed by atoms with Gasteiger partial charge in [0, 0.05) is 5.69 Å². The number of anilines is 1. The van der Waals surface area contributed by atoms with Crippen molar-refractivity contribution in [2.75, 3.05) is 12.3 Å². The summed E-state index contributed by atoms with van der Waals surface area (Å²) in [5.74, 6) is 1.64. The Morgan fingerprint density at radius 3 is 2.20 bits per heavy atom. The first-order chi connectivity index (χ1) is 9.76. The van der Waals surface area contributed by atoms with E-state index in [-0.39, 0.29) is 0 Å². The quantitative estimate of drug-likeness (QED) is 0.432. The van der Waals surface area contributed by atoms with Gasteiger partial charge in [-0.25, -0.2) is 0 Å². The van der Waals surface area contributed by atoms with Crippen molar-refractivity contribution in [2.24, 2.45) is 5.92 Å². The normalized spacial score (nSPS) is 12.3. The molecule has 0 aliphatic heterocycles. The van der Waals surface area contributed by atoms with Gasteiger partial charge in [0.1, 0.15) is 5.75 Å². The second-order valence-electron chi connectivity index (χ2n) is 5.74. The molecule has 2 N–H and O–H groups in total. The summed E-state index contributed by atoms with van der Waals surface area (Å²) >= 11 is 0. The zero-order chi connectivity index (χ0) is 14.6. The average Bonchev–Trinajstić information content (AvgIpc) is 2.47. The molecule has 1 aromatic rings. The summed E-state index contributed by atoms with van der Waals surface area (Å²) in [5, 5.41) is 0. The second-order valence-corrected chi connectivity index (χ2v) is 5.74. The van der Waals surface area contributed by atoms with Crippen LogP contribution in [0.25, 0.3) is 0 Å². The summed E-state index contributed by atoms with van der Waals surface area (Å²) in [6, 6.07) is 7.72. The van der Waals surface area contributed by atoms with Gasteiger partial charge in [-0.05, 0) is 43.0 Å². The Labute approximate surface area is 124 Å². The van der Waals surface area contributed by atoms with E-state index in [9.17, 15) is 0 Å². The van der Waals surface area contributed by atoms with Crippen molar-refractivity contribution in [3.8, 4) is 5.75 Å². The zero-order valence-corrected chi connectivity index (χ0v) is 13.2. The maximum absolute atomic E-state index is 5.92. The fourth-order valence-corrected chi connectivity index (χ4v) is 2.44.